The molecular formula is C27H33N3O4. The highest BCUT2D eigenvalue weighted by atomic mass is 16.5. The third kappa shape index (κ3) is 4.52. The average molecular weight is 464 g/mol. The summed E-state index contributed by atoms with van der Waals surface area (Å²) in [5.41, 5.74) is 1.39. The van der Waals surface area contributed by atoms with Crippen LogP contribution >= 0.6 is 0 Å². The zero-order valence-corrected chi connectivity index (χ0v) is 20.0. The lowest BCUT2D eigenvalue weighted by molar-refractivity contribution is -0.130. The van der Waals surface area contributed by atoms with Crippen molar-refractivity contribution in [1.82, 2.24) is 15.5 Å². The number of urea groups is 1. The van der Waals surface area contributed by atoms with Crippen molar-refractivity contribution in [3.05, 3.63) is 65.7 Å². The van der Waals surface area contributed by atoms with E-state index in [1.54, 1.807) is 19.2 Å². The predicted molar refractivity (Wildman–Crippen MR) is 130 cm³/mol. The van der Waals surface area contributed by atoms with Crippen LogP contribution in [-0.4, -0.2) is 48.5 Å². The van der Waals surface area contributed by atoms with Gasteiger partial charge in [0, 0.05) is 18.0 Å². The lowest BCUT2D eigenvalue weighted by atomic mass is 9.67. The third-order valence-electron chi connectivity index (χ3n) is 7.27. The van der Waals surface area contributed by atoms with Crippen molar-refractivity contribution in [2.24, 2.45) is 5.92 Å². The number of nitrogens with zero attached hydrogens (tertiary/aromatic N) is 1. The molecule has 2 N–H and O–H groups in total. The molecule has 4 rings (SSSR count). The molecule has 2 fully saturated rings. The van der Waals surface area contributed by atoms with Crippen molar-refractivity contribution < 1.29 is 19.1 Å². The molecule has 2 aliphatic rings. The predicted octanol–water partition coefficient (Wildman–Crippen LogP) is 3.88. The van der Waals surface area contributed by atoms with Crippen molar-refractivity contribution in [3.63, 3.8) is 0 Å². The maximum atomic E-state index is 13.0. The second-order valence-electron chi connectivity index (χ2n) is 9.64. The number of nitrogens with one attached hydrogen (secondary N) is 2. The number of hydrogen-bond acceptors (Lipinski definition) is 4. The van der Waals surface area contributed by atoms with E-state index in [1.807, 2.05) is 44.2 Å². The molecule has 0 aromatic heterocycles. The summed E-state index contributed by atoms with van der Waals surface area (Å²) in [6.45, 7) is 4.35. The first kappa shape index (κ1) is 23.8. The summed E-state index contributed by atoms with van der Waals surface area (Å²) >= 11 is 0. The summed E-state index contributed by atoms with van der Waals surface area (Å²) in [6, 6.07) is 16.5. The van der Waals surface area contributed by atoms with E-state index >= 15 is 0 Å². The van der Waals surface area contributed by atoms with Crippen LogP contribution in [0.4, 0.5) is 4.79 Å². The van der Waals surface area contributed by atoms with Gasteiger partial charge in [0.05, 0.1) is 12.7 Å². The van der Waals surface area contributed by atoms with Gasteiger partial charge >= 0.3 is 6.03 Å². The molecular weight excluding hydrogens is 430 g/mol. The lowest BCUT2D eigenvalue weighted by Gasteiger charge is -2.42. The molecule has 7 heteroatoms. The molecule has 2 aromatic carbocycles. The van der Waals surface area contributed by atoms with Crippen LogP contribution in [0.3, 0.4) is 0 Å². The molecule has 2 aromatic rings. The Morgan fingerprint density at radius 2 is 1.74 bits per heavy atom. The van der Waals surface area contributed by atoms with E-state index in [1.165, 1.54) is 4.90 Å². The van der Waals surface area contributed by atoms with Crippen molar-refractivity contribution in [2.45, 2.75) is 57.0 Å². The Bertz CT molecular complexity index is 1040. The molecule has 0 radical (unpaired) electrons. The van der Waals surface area contributed by atoms with Gasteiger partial charge in [0.25, 0.3) is 11.8 Å². The highest BCUT2D eigenvalue weighted by molar-refractivity contribution is 6.04. The number of para-hydroxylation sites is 1. The number of imide groups is 1. The quantitative estimate of drug-likeness (QED) is 0.610. The van der Waals surface area contributed by atoms with E-state index in [-0.39, 0.29) is 35.2 Å². The Labute approximate surface area is 200 Å². The van der Waals surface area contributed by atoms with Gasteiger partial charge in [-0.1, -0.05) is 56.3 Å². The van der Waals surface area contributed by atoms with Gasteiger partial charge in [-0.25, -0.2) is 4.79 Å². The Kier molecular flexibility index (Phi) is 6.91. The maximum Gasteiger partial charge on any atom is 0.325 e. The number of carbonyl (C=O) groups is 3. The molecule has 1 aliphatic heterocycles. The summed E-state index contributed by atoms with van der Waals surface area (Å²) in [6.07, 6.45) is 2.92. The highest BCUT2D eigenvalue weighted by Gasteiger charge is 2.46. The summed E-state index contributed by atoms with van der Waals surface area (Å²) in [5.74, 6) is 0.291. The van der Waals surface area contributed by atoms with Crippen LogP contribution in [-0.2, 0) is 10.2 Å². The fourth-order valence-electron chi connectivity index (χ4n) is 5.26. The molecule has 1 saturated carbocycles. The lowest BCUT2D eigenvalue weighted by Crippen LogP contribution is -2.49. The molecule has 1 unspecified atom stereocenters. The van der Waals surface area contributed by atoms with Crippen molar-refractivity contribution in [3.8, 4) is 5.75 Å². The van der Waals surface area contributed by atoms with Gasteiger partial charge in [-0.15, -0.1) is 0 Å². The molecule has 1 saturated heterocycles. The summed E-state index contributed by atoms with van der Waals surface area (Å²) in [4.78, 5) is 39.9. The van der Waals surface area contributed by atoms with Crippen LogP contribution < -0.4 is 15.4 Å². The fourth-order valence-corrected chi connectivity index (χ4v) is 5.26. The standard InChI is InChI=1S/C27H33N3O4/c1-18(2)23-25(32)30(26(33)29-23)20-13-15-27(16-14-20,19-9-5-4-6-10-19)17-28-24(31)21-11-7-8-12-22(21)34-3/h4-12,18,20,23H,13-17H2,1-3H3,(H,28,31)(H,29,33)/t20-,23?,27+. The van der Waals surface area contributed by atoms with E-state index in [9.17, 15) is 14.4 Å². The van der Waals surface area contributed by atoms with E-state index in [0.717, 1.165) is 18.4 Å². The molecule has 0 spiro atoms. The van der Waals surface area contributed by atoms with Crippen LogP contribution in [0.25, 0.3) is 0 Å². The minimum atomic E-state index is -0.451. The first-order valence-corrected chi connectivity index (χ1v) is 12.0. The van der Waals surface area contributed by atoms with Crippen LogP contribution in [0.15, 0.2) is 54.6 Å². The summed E-state index contributed by atoms with van der Waals surface area (Å²) in [5, 5.41) is 5.97. The number of ether oxygens (including phenoxy) is 1. The first-order valence-electron chi connectivity index (χ1n) is 12.0. The number of methoxy groups -OCH3 is 1. The minimum Gasteiger partial charge on any atom is -0.496 e. The largest absolute Gasteiger partial charge is 0.496 e. The number of hydrogen-bond donors (Lipinski definition) is 2. The number of amides is 4. The van der Waals surface area contributed by atoms with Gasteiger partial charge in [-0.05, 0) is 49.3 Å². The normalized spacial score (nSPS) is 24.8. The van der Waals surface area contributed by atoms with Crippen LogP contribution in [0.5, 0.6) is 5.75 Å². The minimum absolute atomic E-state index is 0.0543. The molecule has 7 nitrogen and oxygen atoms in total. The molecule has 34 heavy (non-hydrogen) atoms. The SMILES string of the molecule is COc1ccccc1C(=O)NC[C@]1(c2ccccc2)CC[C@@H](N2C(=O)NC(C(C)C)C2=O)CC1. The summed E-state index contributed by atoms with van der Waals surface area (Å²) < 4.78 is 5.35. The van der Waals surface area contributed by atoms with Gasteiger partial charge < -0.3 is 15.4 Å². The average Bonchev–Trinajstić information content (AvgIpc) is 3.17. The van der Waals surface area contributed by atoms with Gasteiger partial charge in [-0.2, -0.15) is 0 Å². The van der Waals surface area contributed by atoms with Gasteiger partial charge in [0.15, 0.2) is 0 Å². The van der Waals surface area contributed by atoms with Crippen molar-refractivity contribution >= 4 is 17.8 Å². The van der Waals surface area contributed by atoms with Crippen molar-refractivity contribution in [2.75, 3.05) is 13.7 Å². The molecule has 1 heterocycles. The fraction of sp³-hybridized carbons (Fsp3) is 0.444. The molecule has 180 valence electrons. The van der Waals surface area contributed by atoms with Gasteiger partial charge in [0.2, 0.25) is 0 Å². The second kappa shape index (κ2) is 9.87. The van der Waals surface area contributed by atoms with Crippen LogP contribution in [0.1, 0.15) is 55.5 Å². The summed E-state index contributed by atoms with van der Waals surface area (Å²) in [7, 11) is 1.55. The highest BCUT2D eigenvalue weighted by Crippen LogP contribution is 2.41. The Morgan fingerprint density at radius 3 is 2.35 bits per heavy atom. The Hall–Kier alpha value is -3.35. The topological polar surface area (TPSA) is 87.7 Å². The van der Waals surface area contributed by atoms with Crippen LogP contribution in [0, 0.1) is 5.92 Å². The second-order valence-corrected chi connectivity index (χ2v) is 9.64. The monoisotopic (exact) mass is 463 g/mol. The Morgan fingerprint density at radius 1 is 1.09 bits per heavy atom. The first-order chi connectivity index (χ1) is 16.4. The molecule has 4 amide bonds. The van der Waals surface area contributed by atoms with E-state index < -0.39 is 6.04 Å². The molecule has 1 aliphatic carbocycles. The molecule has 1 atom stereocenters. The van der Waals surface area contributed by atoms with Crippen LogP contribution in [0.2, 0.25) is 0 Å². The zero-order chi connectivity index (χ0) is 24.3. The van der Waals surface area contributed by atoms with Gasteiger partial charge in [0.1, 0.15) is 11.8 Å². The Balaban J connectivity index is 1.51. The number of benzene rings is 2. The smallest absolute Gasteiger partial charge is 0.325 e. The van der Waals surface area contributed by atoms with E-state index in [4.69, 9.17) is 4.74 Å². The number of rotatable bonds is 7. The maximum absolute atomic E-state index is 13.0. The number of carbonyl (C=O) groups excluding carboxylic acids is 3. The van der Waals surface area contributed by atoms with E-state index in [0.29, 0.717) is 30.7 Å². The zero-order valence-electron chi connectivity index (χ0n) is 20.0. The van der Waals surface area contributed by atoms with Crippen molar-refractivity contribution in [1.29, 1.82) is 0 Å². The molecule has 0 bridgehead atoms. The third-order valence-corrected chi connectivity index (χ3v) is 7.27. The van der Waals surface area contributed by atoms with E-state index in [2.05, 4.69) is 22.8 Å². The van der Waals surface area contributed by atoms with Gasteiger partial charge in [-0.3, -0.25) is 14.5 Å².